The Balaban J connectivity index is 1.37. The molecule has 9 heteroatoms. The number of amides is 1. The van der Waals surface area contributed by atoms with Crippen molar-refractivity contribution in [2.75, 3.05) is 5.32 Å². The van der Waals surface area contributed by atoms with Crippen LogP contribution in [0.2, 0.25) is 0 Å². The summed E-state index contributed by atoms with van der Waals surface area (Å²) in [5.74, 6) is 0.133. The van der Waals surface area contributed by atoms with Crippen molar-refractivity contribution in [2.45, 2.75) is 12.8 Å². The molecule has 0 unspecified atom stereocenters. The summed E-state index contributed by atoms with van der Waals surface area (Å²) >= 11 is 1.54. The average Bonchev–Trinajstić information content (AvgIpc) is 3.32. The highest BCUT2D eigenvalue weighted by Crippen LogP contribution is 2.21. The van der Waals surface area contributed by atoms with E-state index in [2.05, 4.69) is 20.5 Å². The van der Waals surface area contributed by atoms with Gasteiger partial charge in [0.25, 0.3) is 0 Å². The first kappa shape index (κ1) is 15.3. The Hall–Kier alpha value is -3.20. The van der Waals surface area contributed by atoms with Crippen molar-refractivity contribution >= 4 is 34.0 Å². The highest BCUT2D eigenvalue weighted by Gasteiger charge is 2.11. The van der Waals surface area contributed by atoms with Gasteiger partial charge in [0, 0.05) is 29.5 Å². The standard InChI is InChI=1S/C16H12N4O4S/c21-13(17-10-1-2-12-11(7-10)18-16(22)23-12)3-4-14-19-20-15(24-14)9-5-6-25-8-9/h1-2,5-8H,3-4H2,(H,17,21)(H,18,22). The lowest BCUT2D eigenvalue weighted by molar-refractivity contribution is -0.116. The zero-order chi connectivity index (χ0) is 17.2. The summed E-state index contributed by atoms with van der Waals surface area (Å²) in [6.07, 6.45) is 0.541. The van der Waals surface area contributed by atoms with Gasteiger partial charge >= 0.3 is 5.76 Å². The summed E-state index contributed by atoms with van der Waals surface area (Å²) in [4.78, 5) is 25.7. The molecule has 1 amide bonds. The largest absolute Gasteiger partial charge is 0.421 e. The smallest absolute Gasteiger partial charge is 0.417 e. The highest BCUT2D eigenvalue weighted by atomic mass is 32.1. The number of hydrogen-bond donors (Lipinski definition) is 2. The first-order chi connectivity index (χ1) is 12.2. The maximum absolute atomic E-state index is 12.1. The van der Waals surface area contributed by atoms with Crippen LogP contribution in [0, 0.1) is 0 Å². The third kappa shape index (κ3) is 3.36. The van der Waals surface area contributed by atoms with E-state index in [1.165, 1.54) is 0 Å². The SMILES string of the molecule is O=C(CCc1nnc(-c2ccsc2)o1)Nc1ccc2oc(=O)[nH]c2c1. The first-order valence-electron chi connectivity index (χ1n) is 7.45. The molecule has 2 N–H and O–H groups in total. The molecule has 0 saturated carbocycles. The predicted molar refractivity (Wildman–Crippen MR) is 91.4 cm³/mol. The zero-order valence-electron chi connectivity index (χ0n) is 12.8. The minimum absolute atomic E-state index is 0.194. The van der Waals surface area contributed by atoms with Gasteiger partial charge in [0.2, 0.25) is 17.7 Å². The number of nitrogens with zero attached hydrogens (tertiary/aromatic N) is 2. The third-order valence-corrected chi connectivity index (χ3v) is 4.19. The van der Waals surface area contributed by atoms with Gasteiger partial charge in [0.1, 0.15) is 0 Å². The number of benzene rings is 1. The second-order valence-electron chi connectivity index (χ2n) is 5.29. The number of nitrogens with one attached hydrogen (secondary N) is 2. The van der Waals surface area contributed by atoms with Crippen molar-refractivity contribution in [1.29, 1.82) is 0 Å². The molecule has 0 aliphatic carbocycles. The molecule has 4 aromatic rings. The zero-order valence-corrected chi connectivity index (χ0v) is 13.6. The number of carbonyl (C=O) groups excluding carboxylic acids is 1. The Morgan fingerprint density at radius 1 is 1.24 bits per heavy atom. The van der Waals surface area contributed by atoms with Crippen molar-refractivity contribution < 1.29 is 13.6 Å². The minimum atomic E-state index is -0.531. The molecule has 0 aliphatic rings. The van der Waals surface area contributed by atoms with Crippen LogP contribution in [-0.2, 0) is 11.2 Å². The van der Waals surface area contributed by atoms with E-state index in [0.717, 1.165) is 5.56 Å². The fourth-order valence-corrected chi connectivity index (χ4v) is 2.96. The summed E-state index contributed by atoms with van der Waals surface area (Å²) in [5.41, 5.74) is 2.41. The second-order valence-corrected chi connectivity index (χ2v) is 6.07. The van der Waals surface area contributed by atoms with Crippen molar-refractivity contribution in [2.24, 2.45) is 0 Å². The molecule has 0 fully saturated rings. The maximum Gasteiger partial charge on any atom is 0.417 e. The quantitative estimate of drug-likeness (QED) is 0.568. The van der Waals surface area contributed by atoms with Gasteiger partial charge in [0.15, 0.2) is 5.58 Å². The molecular formula is C16H12N4O4S. The van der Waals surface area contributed by atoms with Crippen LogP contribution >= 0.6 is 11.3 Å². The Morgan fingerprint density at radius 2 is 2.16 bits per heavy atom. The fourth-order valence-electron chi connectivity index (χ4n) is 2.33. The minimum Gasteiger partial charge on any atom is -0.421 e. The van der Waals surface area contributed by atoms with Crippen LogP contribution < -0.4 is 11.1 Å². The number of thiophene rings is 1. The molecule has 3 heterocycles. The monoisotopic (exact) mass is 356 g/mol. The van der Waals surface area contributed by atoms with Gasteiger partial charge in [-0.05, 0) is 29.6 Å². The van der Waals surface area contributed by atoms with Gasteiger partial charge in [-0.3, -0.25) is 9.78 Å². The van der Waals surface area contributed by atoms with Crippen LogP contribution in [0.4, 0.5) is 5.69 Å². The Labute approximate surface area is 144 Å². The number of anilines is 1. The predicted octanol–water partition coefficient (Wildman–Crippen LogP) is 2.80. The topological polar surface area (TPSA) is 114 Å². The lowest BCUT2D eigenvalue weighted by atomic mass is 10.2. The molecule has 0 aliphatic heterocycles. The van der Waals surface area contributed by atoms with Gasteiger partial charge in [-0.1, -0.05) is 0 Å². The van der Waals surface area contributed by atoms with Crippen LogP contribution in [-0.4, -0.2) is 21.1 Å². The number of rotatable bonds is 5. The number of H-pyrrole nitrogens is 1. The first-order valence-corrected chi connectivity index (χ1v) is 8.39. The second kappa shape index (κ2) is 6.36. The summed E-state index contributed by atoms with van der Waals surface area (Å²) in [6, 6.07) is 6.82. The van der Waals surface area contributed by atoms with E-state index in [9.17, 15) is 9.59 Å². The van der Waals surface area contributed by atoms with Gasteiger partial charge < -0.3 is 14.2 Å². The molecule has 4 rings (SSSR count). The maximum atomic E-state index is 12.1. The van der Waals surface area contributed by atoms with Gasteiger partial charge in [0.05, 0.1) is 5.52 Å². The van der Waals surface area contributed by atoms with Crippen LogP contribution in [0.3, 0.4) is 0 Å². The Kier molecular flexibility index (Phi) is 3.90. The lowest BCUT2D eigenvalue weighted by Crippen LogP contribution is -2.12. The number of aryl methyl sites for hydroxylation is 1. The molecular weight excluding hydrogens is 344 g/mol. The van der Waals surface area contributed by atoms with E-state index in [4.69, 9.17) is 8.83 Å². The van der Waals surface area contributed by atoms with E-state index in [1.807, 2.05) is 16.8 Å². The molecule has 25 heavy (non-hydrogen) atoms. The Morgan fingerprint density at radius 3 is 3.00 bits per heavy atom. The lowest BCUT2D eigenvalue weighted by Gasteiger charge is -2.03. The van der Waals surface area contributed by atoms with Crippen LogP contribution in [0.5, 0.6) is 0 Å². The van der Waals surface area contributed by atoms with Gasteiger partial charge in [-0.2, -0.15) is 11.3 Å². The van der Waals surface area contributed by atoms with Crippen molar-refractivity contribution in [1.82, 2.24) is 15.2 Å². The van der Waals surface area contributed by atoms with E-state index in [-0.39, 0.29) is 12.3 Å². The number of oxazole rings is 1. The molecule has 8 nitrogen and oxygen atoms in total. The normalized spacial score (nSPS) is 11.0. The number of aromatic nitrogens is 3. The van der Waals surface area contributed by atoms with Crippen LogP contribution in [0.15, 0.2) is 48.7 Å². The van der Waals surface area contributed by atoms with Crippen LogP contribution in [0.25, 0.3) is 22.6 Å². The third-order valence-electron chi connectivity index (χ3n) is 3.50. The van der Waals surface area contributed by atoms with E-state index in [1.54, 1.807) is 29.5 Å². The molecule has 126 valence electrons. The molecule has 3 aromatic heterocycles. The summed E-state index contributed by atoms with van der Waals surface area (Å²) in [7, 11) is 0. The van der Waals surface area contributed by atoms with Crippen molar-refractivity contribution in [3.05, 3.63) is 51.5 Å². The summed E-state index contributed by atoms with van der Waals surface area (Å²) in [6.45, 7) is 0. The summed E-state index contributed by atoms with van der Waals surface area (Å²) in [5, 5.41) is 14.5. The van der Waals surface area contributed by atoms with E-state index >= 15 is 0 Å². The highest BCUT2D eigenvalue weighted by molar-refractivity contribution is 7.08. The number of carbonyl (C=O) groups is 1. The average molecular weight is 356 g/mol. The molecule has 0 saturated heterocycles. The fraction of sp³-hybridized carbons (Fsp3) is 0.125. The van der Waals surface area contributed by atoms with Crippen LogP contribution in [0.1, 0.15) is 12.3 Å². The number of hydrogen-bond acceptors (Lipinski definition) is 7. The molecule has 0 radical (unpaired) electrons. The molecule has 1 aromatic carbocycles. The van der Waals surface area contributed by atoms with Gasteiger partial charge in [-0.25, -0.2) is 4.79 Å². The molecule has 0 spiro atoms. The summed E-state index contributed by atoms with van der Waals surface area (Å²) < 4.78 is 10.5. The van der Waals surface area contributed by atoms with E-state index < -0.39 is 5.76 Å². The van der Waals surface area contributed by atoms with Crippen molar-refractivity contribution in [3.8, 4) is 11.5 Å². The van der Waals surface area contributed by atoms with Gasteiger partial charge in [-0.15, -0.1) is 10.2 Å². The number of aromatic amines is 1. The molecule has 0 atom stereocenters. The Bertz CT molecular complexity index is 1080. The van der Waals surface area contributed by atoms with Crippen molar-refractivity contribution in [3.63, 3.8) is 0 Å². The number of fused-ring (bicyclic) bond motifs is 1. The van der Waals surface area contributed by atoms with E-state index in [0.29, 0.717) is 35.0 Å². The molecule has 0 bridgehead atoms.